The van der Waals surface area contributed by atoms with Gasteiger partial charge in [0.15, 0.2) is 11.6 Å². The van der Waals surface area contributed by atoms with Gasteiger partial charge >= 0.3 is 0 Å². The number of hydrogen-bond donors (Lipinski definition) is 2. The van der Waals surface area contributed by atoms with E-state index in [0.29, 0.717) is 19.3 Å². The van der Waals surface area contributed by atoms with Crippen LogP contribution in [0.2, 0.25) is 0 Å². The molecule has 6 heteroatoms. The third-order valence-corrected chi connectivity index (χ3v) is 10.0. The van der Waals surface area contributed by atoms with Gasteiger partial charge < -0.3 is 19.7 Å². The van der Waals surface area contributed by atoms with Crippen LogP contribution in [0.1, 0.15) is 66.2 Å². The van der Waals surface area contributed by atoms with E-state index < -0.39 is 23.1 Å². The van der Waals surface area contributed by atoms with Crippen molar-refractivity contribution in [3.05, 3.63) is 23.8 Å². The van der Waals surface area contributed by atoms with Crippen LogP contribution in [0.4, 0.5) is 0 Å². The van der Waals surface area contributed by atoms with Gasteiger partial charge in [-0.25, -0.2) is 0 Å². The highest BCUT2D eigenvalue weighted by Gasteiger charge is 2.72. The molecule has 0 aromatic rings. The van der Waals surface area contributed by atoms with E-state index in [1.807, 2.05) is 19.9 Å². The molecule has 5 aliphatic rings. The van der Waals surface area contributed by atoms with Gasteiger partial charge in [0.2, 0.25) is 0 Å². The lowest BCUT2D eigenvalue weighted by Gasteiger charge is -2.61. The van der Waals surface area contributed by atoms with E-state index in [2.05, 4.69) is 13.8 Å². The molecular formula is C26H36O6. The standard InChI is InChI=1S/C26H36O6/c1-5-15(2)26(30)31-14-21(29)25(32-26)11-9-19-18-7-6-16-12-17(27)8-10-23(16,3)22(18)20(28)13-24(19,25)4/h8,10,12,15,18-20,22,28,30H,5-7,9,11,13-14H2,1-4H3/t15?,18-,19-,20-,22+,23-,24-,25-,26?/m0/s1. The topological polar surface area (TPSA) is 93.1 Å². The number of fused-ring (bicyclic) bond motifs is 6. The van der Waals surface area contributed by atoms with Crippen molar-refractivity contribution in [1.29, 1.82) is 0 Å². The monoisotopic (exact) mass is 444 g/mol. The summed E-state index contributed by atoms with van der Waals surface area (Å²) in [7, 11) is 0. The lowest BCUT2D eigenvalue weighted by atomic mass is 9.46. The third kappa shape index (κ3) is 2.73. The first-order chi connectivity index (χ1) is 15.0. The van der Waals surface area contributed by atoms with Crippen molar-refractivity contribution in [1.82, 2.24) is 0 Å². The molecular weight excluding hydrogens is 408 g/mol. The van der Waals surface area contributed by atoms with Crippen LogP contribution >= 0.6 is 0 Å². The second kappa shape index (κ2) is 7.08. The molecule has 4 fully saturated rings. The number of Topliss-reactive ketones (excluding diaryl/α,β-unsaturated/α-hetero) is 1. The summed E-state index contributed by atoms with van der Waals surface area (Å²) in [6, 6.07) is 0. The number of carbonyl (C=O) groups excluding carboxylic acids is 2. The summed E-state index contributed by atoms with van der Waals surface area (Å²) in [5.74, 6) is -1.74. The van der Waals surface area contributed by atoms with Gasteiger partial charge in [-0.1, -0.05) is 39.3 Å². The fourth-order valence-corrected chi connectivity index (χ4v) is 8.06. The largest absolute Gasteiger partial charge is 0.393 e. The van der Waals surface area contributed by atoms with E-state index in [1.54, 1.807) is 12.2 Å². The smallest absolute Gasteiger partial charge is 0.284 e. The predicted octanol–water partition coefficient (Wildman–Crippen LogP) is 3.31. The molecule has 0 amide bonds. The zero-order chi connectivity index (χ0) is 23.1. The van der Waals surface area contributed by atoms with Gasteiger partial charge in [0.05, 0.1) is 6.10 Å². The van der Waals surface area contributed by atoms with Crippen LogP contribution in [-0.4, -0.2) is 46.1 Å². The maximum Gasteiger partial charge on any atom is 0.284 e. The summed E-state index contributed by atoms with van der Waals surface area (Å²) in [5.41, 5.74) is -0.950. The number of ether oxygens (including phenoxy) is 2. The van der Waals surface area contributed by atoms with E-state index in [1.165, 1.54) is 0 Å². The second-order valence-corrected chi connectivity index (χ2v) is 11.3. The zero-order valence-corrected chi connectivity index (χ0v) is 19.6. The lowest BCUT2D eigenvalue weighted by Crippen LogP contribution is -2.68. The molecule has 32 heavy (non-hydrogen) atoms. The molecule has 2 unspecified atom stereocenters. The van der Waals surface area contributed by atoms with Crippen LogP contribution in [0, 0.1) is 34.5 Å². The Balaban J connectivity index is 1.53. The van der Waals surface area contributed by atoms with Gasteiger partial charge in [0.1, 0.15) is 12.2 Å². The highest BCUT2D eigenvalue weighted by molar-refractivity contribution is 6.01. The molecule has 1 saturated heterocycles. The maximum absolute atomic E-state index is 13.4. The zero-order valence-electron chi connectivity index (χ0n) is 19.6. The Bertz CT molecular complexity index is 908. The normalized spacial score (nSPS) is 51.1. The molecule has 4 aliphatic carbocycles. The molecule has 3 saturated carbocycles. The van der Waals surface area contributed by atoms with Crippen molar-refractivity contribution in [2.24, 2.45) is 34.5 Å². The van der Waals surface area contributed by atoms with Crippen LogP contribution in [0.3, 0.4) is 0 Å². The minimum atomic E-state index is -1.79. The van der Waals surface area contributed by atoms with E-state index in [9.17, 15) is 19.8 Å². The van der Waals surface area contributed by atoms with Gasteiger partial charge in [-0.15, -0.1) is 0 Å². The number of ketones is 2. The summed E-state index contributed by atoms with van der Waals surface area (Å²) in [5, 5.41) is 22.8. The van der Waals surface area contributed by atoms with Crippen molar-refractivity contribution in [3.8, 4) is 0 Å². The maximum atomic E-state index is 13.4. The van der Waals surface area contributed by atoms with Crippen LogP contribution in [0.25, 0.3) is 0 Å². The van der Waals surface area contributed by atoms with Crippen LogP contribution in [0.15, 0.2) is 23.8 Å². The lowest BCUT2D eigenvalue weighted by molar-refractivity contribution is -0.434. The van der Waals surface area contributed by atoms with Gasteiger partial charge in [-0.3, -0.25) is 9.59 Å². The van der Waals surface area contributed by atoms with Crippen molar-refractivity contribution < 1.29 is 29.3 Å². The molecule has 2 N–H and O–H groups in total. The number of aliphatic hydroxyl groups excluding tert-OH is 1. The minimum absolute atomic E-state index is 0.00321. The molecule has 0 radical (unpaired) electrons. The van der Waals surface area contributed by atoms with Gasteiger partial charge in [0, 0.05) is 22.7 Å². The van der Waals surface area contributed by atoms with Gasteiger partial charge in [-0.05, 0) is 62.5 Å². The fraction of sp³-hybridized carbons (Fsp3) is 0.769. The Morgan fingerprint density at radius 3 is 2.72 bits per heavy atom. The van der Waals surface area contributed by atoms with Crippen molar-refractivity contribution in [2.75, 3.05) is 6.61 Å². The summed E-state index contributed by atoms with van der Waals surface area (Å²) >= 11 is 0. The minimum Gasteiger partial charge on any atom is -0.393 e. The summed E-state index contributed by atoms with van der Waals surface area (Å²) < 4.78 is 11.9. The highest BCUT2D eigenvalue weighted by atomic mass is 16.8. The van der Waals surface area contributed by atoms with E-state index in [-0.39, 0.29) is 47.3 Å². The molecule has 6 nitrogen and oxygen atoms in total. The van der Waals surface area contributed by atoms with E-state index in [0.717, 1.165) is 24.8 Å². The van der Waals surface area contributed by atoms with Gasteiger partial charge in [0.25, 0.3) is 5.97 Å². The third-order valence-electron chi connectivity index (χ3n) is 10.0. The SMILES string of the molecule is CCC(C)C1(O)OCC(=O)[C@]2(CC[C@H]3[C@@H]4CCC5=CC(=O)C=C[C@]5(C)[C@H]4[C@@H](O)C[C@@]32C)O1. The van der Waals surface area contributed by atoms with Crippen LogP contribution in [-0.2, 0) is 19.1 Å². The Morgan fingerprint density at radius 1 is 1.25 bits per heavy atom. The molecule has 0 aromatic heterocycles. The van der Waals surface area contributed by atoms with Crippen LogP contribution < -0.4 is 0 Å². The summed E-state index contributed by atoms with van der Waals surface area (Å²) in [6.07, 6.45) is 8.94. The molecule has 1 heterocycles. The summed E-state index contributed by atoms with van der Waals surface area (Å²) in [4.78, 5) is 25.4. The Kier molecular flexibility index (Phi) is 4.97. The van der Waals surface area contributed by atoms with Gasteiger partial charge in [-0.2, -0.15) is 0 Å². The molecule has 0 bridgehead atoms. The fourth-order valence-electron chi connectivity index (χ4n) is 8.06. The first-order valence-electron chi connectivity index (χ1n) is 12.2. The van der Waals surface area contributed by atoms with Crippen LogP contribution in [0.5, 0.6) is 0 Å². The molecule has 176 valence electrons. The molecule has 5 rings (SSSR count). The second-order valence-electron chi connectivity index (χ2n) is 11.3. The Hall–Kier alpha value is -1.34. The first-order valence-corrected chi connectivity index (χ1v) is 12.2. The number of carbonyl (C=O) groups is 2. The van der Waals surface area contributed by atoms with Crippen molar-refractivity contribution in [2.45, 2.75) is 83.9 Å². The molecule has 1 spiro atoms. The average Bonchev–Trinajstić information content (AvgIpc) is 3.03. The number of rotatable bonds is 2. The predicted molar refractivity (Wildman–Crippen MR) is 117 cm³/mol. The van der Waals surface area contributed by atoms with E-state index in [4.69, 9.17) is 9.47 Å². The van der Waals surface area contributed by atoms with Crippen molar-refractivity contribution >= 4 is 11.6 Å². The first kappa shape index (κ1) is 22.5. The molecule has 1 aliphatic heterocycles. The quantitative estimate of drug-likeness (QED) is 0.679. The Labute approximate surface area is 190 Å². The van der Waals surface area contributed by atoms with Crippen molar-refractivity contribution in [3.63, 3.8) is 0 Å². The number of hydrogen-bond acceptors (Lipinski definition) is 6. The molecule has 9 atom stereocenters. The summed E-state index contributed by atoms with van der Waals surface area (Å²) in [6.45, 7) is 7.90. The van der Waals surface area contributed by atoms with E-state index >= 15 is 0 Å². The Morgan fingerprint density at radius 2 is 2.00 bits per heavy atom. The average molecular weight is 445 g/mol. The number of allylic oxidation sites excluding steroid dienone is 4. The molecule has 0 aromatic carbocycles. The highest BCUT2D eigenvalue weighted by Crippen LogP contribution is 2.68. The number of aliphatic hydroxyl groups is 2.